The second kappa shape index (κ2) is 8.75. The molecule has 0 aliphatic carbocycles. The van der Waals surface area contributed by atoms with Crippen LogP contribution in [-0.4, -0.2) is 32.5 Å². The van der Waals surface area contributed by atoms with Gasteiger partial charge in [0, 0.05) is 12.6 Å². The van der Waals surface area contributed by atoms with Crippen LogP contribution in [0.1, 0.15) is 39.5 Å². The first-order valence-corrected chi connectivity index (χ1v) is 6.17. The first kappa shape index (κ1) is 16.7. The Balaban J connectivity index is 3.54. The maximum absolute atomic E-state index is 11.8. The minimum atomic E-state index is -4.22. The Hall–Kier alpha value is -0.290. The second-order valence-electron chi connectivity index (χ2n) is 4.77. The third-order valence-electron chi connectivity index (χ3n) is 2.62. The normalized spacial score (nSPS) is 14.3. The van der Waals surface area contributed by atoms with Crippen molar-refractivity contribution in [3.8, 4) is 0 Å². The summed E-state index contributed by atoms with van der Waals surface area (Å²) in [4.78, 5) is 0. The monoisotopic (exact) mass is 255 g/mol. The van der Waals surface area contributed by atoms with Crippen molar-refractivity contribution >= 4 is 0 Å². The molecular weight excluding hydrogens is 231 g/mol. The summed E-state index contributed by atoms with van der Waals surface area (Å²) < 4.78 is 40.0. The molecule has 0 radical (unpaired) electrons. The number of nitrogens with one attached hydrogen (secondary N) is 1. The molecule has 0 aromatic heterocycles. The number of ether oxygens (including phenoxy) is 1. The largest absolute Gasteiger partial charge is 0.411 e. The van der Waals surface area contributed by atoms with E-state index in [0.717, 1.165) is 19.3 Å². The Morgan fingerprint density at radius 2 is 1.76 bits per heavy atom. The van der Waals surface area contributed by atoms with Crippen LogP contribution in [0.25, 0.3) is 0 Å². The lowest BCUT2D eigenvalue weighted by Gasteiger charge is -2.17. The summed E-state index contributed by atoms with van der Waals surface area (Å²) in [6, 6.07) is 0.252. The number of rotatable bonds is 9. The third kappa shape index (κ3) is 12.0. The molecule has 0 aromatic rings. The molecule has 0 fully saturated rings. The van der Waals surface area contributed by atoms with Gasteiger partial charge in [0.05, 0.1) is 0 Å². The van der Waals surface area contributed by atoms with Gasteiger partial charge in [0.2, 0.25) is 0 Å². The summed E-state index contributed by atoms with van der Waals surface area (Å²) in [6.07, 6.45) is -0.342. The van der Waals surface area contributed by atoms with E-state index in [1.54, 1.807) is 0 Å². The van der Waals surface area contributed by atoms with Crippen molar-refractivity contribution in [1.82, 2.24) is 5.32 Å². The Kier molecular flexibility index (Phi) is 8.60. The van der Waals surface area contributed by atoms with E-state index in [9.17, 15) is 13.2 Å². The van der Waals surface area contributed by atoms with Gasteiger partial charge in [0.25, 0.3) is 0 Å². The second-order valence-corrected chi connectivity index (χ2v) is 4.77. The number of halogens is 3. The SMILES string of the molecule is CNC(CCCC(C)C)CCOCC(F)(F)F. The van der Waals surface area contributed by atoms with Crippen LogP contribution >= 0.6 is 0 Å². The maximum Gasteiger partial charge on any atom is 0.411 e. The van der Waals surface area contributed by atoms with Gasteiger partial charge < -0.3 is 10.1 Å². The number of hydrogen-bond acceptors (Lipinski definition) is 2. The van der Waals surface area contributed by atoms with Crippen LogP contribution in [-0.2, 0) is 4.74 Å². The molecule has 104 valence electrons. The van der Waals surface area contributed by atoms with Gasteiger partial charge in [0.15, 0.2) is 0 Å². The van der Waals surface area contributed by atoms with E-state index >= 15 is 0 Å². The van der Waals surface area contributed by atoms with E-state index in [-0.39, 0.29) is 12.6 Å². The fraction of sp³-hybridized carbons (Fsp3) is 1.00. The van der Waals surface area contributed by atoms with Crippen molar-refractivity contribution in [2.45, 2.75) is 51.7 Å². The van der Waals surface area contributed by atoms with Crippen LogP contribution in [0.4, 0.5) is 13.2 Å². The van der Waals surface area contributed by atoms with Gasteiger partial charge >= 0.3 is 6.18 Å². The van der Waals surface area contributed by atoms with Crippen molar-refractivity contribution in [1.29, 1.82) is 0 Å². The predicted octanol–water partition coefficient (Wildman–Crippen LogP) is 3.37. The van der Waals surface area contributed by atoms with E-state index in [2.05, 4.69) is 23.9 Å². The van der Waals surface area contributed by atoms with E-state index in [0.29, 0.717) is 12.3 Å². The van der Waals surface area contributed by atoms with E-state index < -0.39 is 12.8 Å². The Labute approximate surface area is 102 Å². The highest BCUT2D eigenvalue weighted by molar-refractivity contribution is 4.65. The lowest BCUT2D eigenvalue weighted by atomic mass is 10.0. The molecule has 2 nitrogen and oxygen atoms in total. The molecule has 0 aliphatic heterocycles. The van der Waals surface area contributed by atoms with Crippen molar-refractivity contribution < 1.29 is 17.9 Å². The van der Waals surface area contributed by atoms with E-state index in [1.165, 1.54) is 0 Å². The molecule has 0 bridgehead atoms. The molecule has 1 unspecified atom stereocenters. The van der Waals surface area contributed by atoms with Crippen LogP contribution in [0.15, 0.2) is 0 Å². The maximum atomic E-state index is 11.8. The zero-order valence-corrected chi connectivity index (χ0v) is 10.9. The molecule has 0 saturated heterocycles. The molecule has 0 aliphatic rings. The smallest absolute Gasteiger partial charge is 0.372 e. The highest BCUT2D eigenvalue weighted by Crippen LogP contribution is 2.15. The van der Waals surface area contributed by atoms with Crippen molar-refractivity contribution in [3.05, 3.63) is 0 Å². The lowest BCUT2D eigenvalue weighted by molar-refractivity contribution is -0.174. The van der Waals surface area contributed by atoms with Gasteiger partial charge in [0.1, 0.15) is 6.61 Å². The standard InChI is InChI=1S/C12H24F3NO/c1-10(2)5-4-6-11(16-3)7-8-17-9-12(13,14)15/h10-11,16H,4-9H2,1-3H3. The minimum Gasteiger partial charge on any atom is -0.372 e. The molecule has 5 heteroatoms. The topological polar surface area (TPSA) is 21.3 Å². The van der Waals surface area contributed by atoms with Gasteiger partial charge in [-0.1, -0.05) is 26.7 Å². The average molecular weight is 255 g/mol. The van der Waals surface area contributed by atoms with Crippen LogP contribution in [0, 0.1) is 5.92 Å². The molecule has 0 saturated carbocycles. The predicted molar refractivity (Wildman–Crippen MR) is 63.0 cm³/mol. The minimum absolute atomic E-state index is 0.159. The Bertz CT molecular complexity index is 183. The number of alkyl halides is 3. The Morgan fingerprint density at radius 1 is 1.12 bits per heavy atom. The van der Waals surface area contributed by atoms with Gasteiger partial charge in [-0.2, -0.15) is 13.2 Å². The third-order valence-corrected chi connectivity index (χ3v) is 2.62. The van der Waals surface area contributed by atoms with Gasteiger partial charge in [-0.3, -0.25) is 0 Å². The summed E-state index contributed by atoms with van der Waals surface area (Å²) in [5, 5.41) is 3.11. The molecule has 0 amide bonds. The molecule has 0 heterocycles. The molecular formula is C12H24F3NO. The molecule has 1 atom stereocenters. The van der Waals surface area contributed by atoms with E-state index in [4.69, 9.17) is 0 Å². The van der Waals surface area contributed by atoms with Gasteiger partial charge in [-0.25, -0.2) is 0 Å². The lowest BCUT2D eigenvalue weighted by Crippen LogP contribution is -2.27. The Morgan fingerprint density at radius 3 is 2.24 bits per heavy atom. The summed E-state index contributed by atoms with van der Waals surface area (Å²) in [6.45, 7) is 3.35. The van der Waals surface area contributed by atoms with Crippen LogP contribution < -0.4 is 5.32 Å². The highest BCUT2D eigenvalue weighted by atomic mass is 19.4. The fourth-order valence-corrected chi connectivity index (χ4v) is 1.62. The van der Waals surface area contributed by atoms with Gasteiger partial charge in [-0.05, 0) is 25.8 Å². The molecule has 1 N–H and O–H groups in total. The van der Waals surface area contributed by atoms with Crippen LogP contribution in [0.2, 0.25) is 0 Å². The van der Waals surface area contributed by atoms with Gasteiger partial charge in [-0.15, -0.1) is 0 Å². The first-order chi connectivity index (χ1) is 7.85. The van der Waals surface area contributed by atoms with Crippen LogP contribution in [0.5, 0.6) is 0 Å². The first-order valence-electron chi connectivity index (χ1n) is 6.17. The van der Waals surface area contributed by atoms with Crippen molar-refractivity contribution in [3.63, 3.8) is 0 Å². The van der Waals surface area contributed by atoms with E-state index in [1.807, 2.05) is 7.05 Å². The summed E-state index contributed by atoms with van der Waals surface area (Å²) in [5.74, 6) is 0.675. The van der Waals surface area contributed by atoms with Crippen molar-refractivity contribution in [2.75, 3.05) is 20.3 Å². The molecule has 0 aromatic carbocycles. The summed E-state index contributed by atoms with van der Waals surface area (Å²) >= 11 is 0. The molecule has 0 spiro atoms. The molecule has 0 rings (SSSR count). The fourth-order valence-electron chi connectivity index (χ4n) is 1.62. The zero-order valence-electron chi connectivity index (χ0n) is 10.9. The summed E-state index contributed by atoms with van der Waals surface area (Å²) in [7, 11) is 1.84. The number of hydrogen-bond donors (Lipinski definition) is 1. The quantitative estimate of drug-likeness (QED) is 0.638. The average Bonchev–Trinajstić information content (AvgIpc) is 2.19. The zero-order chi connectivity index (χ0) is 13.3. The van der Waals surface area contributed by atoms with Crippen molar-refractivity contribution in [2.24, 2.45) is 5.92 Å². The highest BCUT2D eigenvalue weighted by Gasteiger charge is 2.27. The summed E-state index contributed by atoms with van der Waals surface area (Å²) in [5.41, 5.74) is 0. The molecule has 17 heavy (non-hydrogen) atoms. The van der Waals surface area contributed by atoms with Crippen LogP contribution in [0.3, 0.4) is 0 Å².